The van der Waals surface area contributed by atoms with Crippen molar-refractivity contribution in [2.75, 3.05) is 6.61 Å². The SMILES string of the molecule is CC(C)(CO)NC(=O)CCC(=O)c1ccc(F)cc1. The van der Waals surface area contributed by atoms with E-state index in [9.17, 15) is 14.0 Å². The molecule has 0 bridgehead atoms. The number of hydrogen-bond acceptors (Lipinski definition) is 3. The van der Waals surface area contributed by atoms with Crippen LogP contribution in [0, 0.1) is 5.82 Å². The number of Topliss-reactive ketones (excluding diaryl/α,β-unsaturated/α-hetero) is 1. The summed E-state index contributed by atoms with van der Waals surface area (Å²) in [5.74, 6) is -0.912. The van der Waals surface area contributed by atoms with Crippen molar-refractivity contribution in [2.24, 2.45) is 0 Å². The Kier molecular flexibility index (Phi) is 5.18. The van der Waals surface area contributed by atoms with Gasteiger partial charge in [0.05, 0.1) is 12.1 Å². The molecule has 0 spiro atoms. The van der Waals surface area contributed by atoms with Crippen LogP contribution in [0.25, 0.3) is 0 Å². The molecule has 2 N–H and O–H groups in total. The fourth-order valence-corrected chi connectivity index (χ4v) is 1.49. The number of halogens is 1. The number of aliphatic hydroxyl groups excluding tert-OH is 1. The number of benzene rings is 1. The number of carbonyl (C=O) groups is 2. The summed E-state index contributed by atoms with van der Waals surface area (Å²) < 4.78 is 12.7. The van der Waals surface area contributed by atoms with Gasteiger partial charge in [-0.3, -0.25) is 9.59 Å². The summed E-state index contributed by atoms with van der Waals surface area (Å²) in [6, 6.07) is 5.21. The lowest BCUT2D eigenvalue weighted by Gasteiger charge is -2.23. The third-order valence-corrected chi connectivity index (χ3v) is 2.62. The zero-order valence-electron chi connectivity index (χ0n) is 11.1. The van der Waals surface area contributed by atoms with Crippen molar-refractivity contribution in [1.29, 1.82) is 0 Å². The molecule has 1 rings (SSSR count). The van der Waals surface area contributed by atoms with Gasteiger partial charge in [0.1, 0.15) is 5.82 Å². The van der Waals surface area contributed by atoms with Gasteiger partial charge >= 0.3 is 0 Å². The zero-order valence-corrected chi connectivity index (χ0v) is 11.1. The highest BCUT2D eigenvalue weighted by molar-refractivity contribution is 5.97. The maximum atomic E-state index is 12.7. The van der Waals surface area contributed by atoms with E-state index >= 15 is 0 Å². The smallest absolute Gasteiger partial charge is 0.220 e. The Morgan fingerprint density at radius 2 is 1.79 bits per heavy atom. The van der Waals surface area contributed by atoms with E-state index in [0.29, 0.717) is 5.56 Å². The van der Waals surface area contributed by atoms with E-state index in [1.54, 1.807) is 13.8 Å². The summed E-state index contributed by atoms with van der Waals surface area (Å²) in [4.78, 5) is 23.3. The Hall–Kier alpha value is -1.75. The number of hydrogen-bond donors (Lipinski definition) is 2. The van der Waals surface area contributed by atoms with Crippen LogP contribution in [0.2, 0.25) is 0 Å². The molecule has 4 nitrogen and oxygen atoms in total. The molecule has 0 saturated heterocycles. The molecule has 1 amide bonds. The topological polar surface area (TPSA) is 66.4 Å². The van der Waals surface area contributed by atoms with Gasteiger partial charge in [0.25, 0.3) is 0 Å². The second kappa shape index (κ2) is 6.43. The van der Waals surface area contributed by atoms with Gasteiger partial charge in [-0.05, 0) is 38.1 Å². The summed E-state index contributed by atoms with van der Waals surface area (Å²) in [7, 11) is 0. The summed E-state index contributed by atoms with van der Waals surface area (Å²) >= 11 is 0. The Bertz CT molecular complexity index is 454. The molecule has 5 heteroatoms. The molecule has 1 aromatic rings. The van der Waals surface area contributed by atoms with Crippen LogP contribution in [-0.2, 0) is 4.79 Å². The molecule has 0 aliphatic heterocycles. The van der Waals surface area contributed by atoms with E-state index in [-0.39, 0.29) is 31.1 Å². The number of aliphatic hydroxyl groups is 1. The molecule has 0 radical (unpaired) electrons. The van der Waals surface area contributed by atoms with Gasteiger partial charge < -0.3 is 10.4 Å². The molecule has 0 aromatic heterocycles. The first-order valence-corrected chi connectivity index (χ1v) is 6.05. The molecule has 0 heterocycles. The van der Waals surface area contributed by atoms with Crippen molar-refractivity contribution in [3.05, 3.63) is 35.6 Å². The molecule has 19 heavy (non-hydrogen) atoms. The van der Waals surface area contributed by atoms with E-state index in [0.717, 1.165) is 0 Å². The fourth-order valence-electron chi connectivity index (χ4n) is 1.49. The average Bonchev–Trinajstić information content (AvgIpc) is 2.36. The first-order valence-electron chi connectivity index (χ1n) is 6.05. The van der Waals surface area contributed by atoms with Gasteiger partial charge in [0, 0.05) is 18.4 Å². The van der Waals surface area contributed by atoms with Crippen LogP contribution in [0.4, 0.5) is 4.39 Å². The van der Waals surface area contributed by atoms with Crippen molar-refractivity contribution >= 4 is 11.7 Å². The second-order valence-corrected chi connectivity index (χ2v) is 5.02. The first-order chi connectivity index (χ1) is 8.84. The summed E-state index contributed by atoms with van der Waals surface area (Å²) in [5, 5.41) is 11.6. The minimum atomic E-state index is -0.698. The Balaban J connectivity index is 2.46. The molecule has 0 fully saturated rings. The maximum absolute atomic E-state index is 12.7. The minimum absolute atomic E-state index is 0.0413. The van der Waals surface area contributed by atoms with Crippen LogP contribution in [0.3, 0.4) is 0 Å². The van der Waals surface area contributed by atoms with Crippen LogP contribution in [-0.4, -0.2) is 28.9 Å². The van der Waals surface area contributed by atoms with E-state index < -0.39 is 11.4 Å². The van der Waals surface area contributed by atoms with Crippen LogP contribution in [0.5, 0.6) is 0 Å². The van der Waals surface area contributed by atoms with E-state index in [1.807, 2.05) is 0 Å². The molecule has 1 aromatic carbocycles. The highest BCUT2D eigenvalue weighted by Crippen LogP contribution is 2.08. The van der Waals surface area contributed by atoms with Crippen LogP contribution in [0.1, 0.15) is 37.0 Å². The number of amides is 1. The van der Waals surface area contributed by atoms with Crippen molar-refractivity contribution < 1.29 is 19.1 Å². The molecule has 104 valence electrons. The van der Waals surface area contributed by atoms with Gasteiger partial charge in [-0.2, -0.15) is 0 Å². The predicted octanol–water partition coefficient (Wildman–Crippen LogP) is 1.68. The molecule has 0 aliphatic carbocycles. The highest BCUT2D eigenvalue weighted by atomic mass is 19.1. The highest BCUT2D eigenvalue weighted by Gasteiger charge is 2.19. The number of rotatable bonds is 6. The third kappa shape index (κ3) is 5.18. The fraction of sp³-hybridized carbons (Fsp3) is 0.429. The molecular formula is C14H18FNO3. The first kappa shape index (κ1) is 15.3. The summed E-state index contributed by atoms with van der Waals surface area (Å²) in [5.41, 5.74) is -0.314. The van der Waals surface area contributed by atoms with Crippen LogP contribution >= 0.6 is 0 Å². The average molecular weight is 267 g/mol. The number of nitrogens with one attached hydrogen (secondary N) is 1. The maximum Gasteiger partial charge on any atom is 0.220 e. The van der Waals surface area contributed by atoms with E-state index in [2.05, 4.69) is 5.32 Å². The Morgan fingerprint density at radius 3 is 2.32 bits per heavy atom. The molecule has 0 atom stereocenters. The predicted molar refractivity (Wildman–Crippen MR) is 69.3 cm³/mol. The van der Waals surface area contributed by atoms with Crippen molar-refractivity contribution in [3.63, 3.8) is 0 Å². The lowest BCUT2D eigenvalue weighted by atomic mass is 10.0. The van der Waals surface area contributed by atoms with Gasteiger partial charge in [-0.15, -0.1) is 0 Å². The standard InChI is InChI=1S/C14H18FNO3/c1-14(2,9-17)16-13(19)8-7-12(18)10-3-5-11(15)6-4-10/h3-6,17H,7-9H2,1-2H3,(H,16,19). The van der Waals surface area contributed by atoms with Crippen LogP contribution in [0.15, 0.2) is 24.3 Å². The summed E-state index contributed by atoms with van der Waals surface area (Å²) in [6.45, 7) is 3.20. The van der Waals surface area contributed by atoms with Gasteiger partial charge in [0.15, 0.2) is 5.78 Å². The van der Waals surface area contributed by atoms with E-state index in [1.165, 1.54) is 24.3 Å². The summed E-state index contributed by atoms with van der Waals surface area (Å²) in [6.07, 6.45) is 0.0958. The van der Waals surface area contributed by atoms with Crippen molar-refractivity contribution in [1.82, 2.24) is 5.32 Å². The van der Waals surface area contributed by atoms with Gasteiger partial charge in [-0.25, -0.2) is 4.39 Å². The molecular weight excluding hydrogens is 249 g/mol. The minimum Gasteiger partial charge on any atom is -0.394 e. The lowest BCUT2D eigenvalue weighted by molar-refractivity contribution is -0.123. The van der Waals surface area contributed by atoms with Crippen LogP contribution < -0.4 is 5.32 Å². The number of carbonyl (C=O) groups excluding carboxylic acids is 2. The monoisotopic (exact) mass is 267 g/mol. The number of ketones is 1. The largest absolute Gasteiger partial charge is 0.394 e. The molecule has 0 saturated carbocycles. The molecule has 0 aliphatic rings. The van der Waals surface area contributed by atoms with Crippen molar-refractivity contribution in [2.45, 2.75) is 32.2 Å². The second-order valence-electron chi connectivity index (χ2n) is 5.02. The van der Waals surface area contributed by atoms with Gasteiger partial charge in [-0.1, -0.05) is 0 Å². The van der Waals surface area contributed by atoms with Crippen molar-refractivity contribution in [3.8, 4) is 0 Å². The van der Waals surface area contributed by atoms with E-state index in [4.69, 9.17) is 5.11 Å². The Labute approximate surface area is 111 Å². The Morgan fingerprint density at radius 1 is 1.21 bits per heavy atom. The molecule has 0 unspecified atom stereocenters. The normalized spacial score (nSPS) is 11.2. The quantitative estimate of drug-likeness (QED) is 0.771. The zero-order chi connectivity index (χ0) is 14.5. The van der Waals surface area contributed by atoms with Gasteiger partial charge in [0.2, 0.25) is 5.91 Å². The lowest BCUT2D eigenvalue weighted by Crippen LogP contribution is -2.46. The third-order valence-electron chi connectivity index (χ3n) is 2.62.